The van der Waals surface area contributed by atoms with Gasteiger partial charge < -0.3 is 30.0 Å². The van der Waals surface area contributed by atoms with Gasteiger partial charge in [-0.2, -0.15) is 0 Å². The van der Waals surface area contributed by atoms with Crippen LogP contribution >= 0.6 is 0 Å². The Bertz CT molecular complexity index is 1340. The van der Waals surface area contributed by atoms with Crippen molar-refractivity contribution < 1.29 is 33.7 Å². The quantitative estimate of drug-likeness (QED) is 0.340. The molecule has 41 heavy (non-hydrogen) atoms. The predicted molar refractivity (Wildman–Crippen MR) is 151 cm³/mol. The van der Waals surface area contributed by atoms with Crippen molar-refractivity contribution in [3.8, 4) is 11.1 Å². The zero-order valence-electron chi connectivity index (χ0n) is 22.9. The monoisotopic (exact) mass is 558 g/mol. The molecule has 0 saturated carbocycles. The molecule has 2 atom stereocenters. The van der Waals surface area contributed by atoms with Gasteiger partial charge in [-0.25, -0.2) is 9.59 Å². The number of carbonyl (C=O) groups excluding carboxylic acids is 2. The maximum Gasteiger partial charge on any atom is 0.408 e. The summed E-state index contributed by atoms with van der Waals surface area (Å²) in [6, 6.07) is 24.1. The first-order valence-electron chi connectivity index (χ1n) is 13.8. The van der Waals surface area contributed by atoms with E-state index in [1.807, 2.05) is 66.7 Å². The number of carboxylic acid groups (broad SMARTS) is 1. The zero-order valence-corrected chi connectivity index (χ0v) is 22.9. The number of amides is 2. The topological polar surface area (TPSA) is 123 Å². The highest BCUT2D eigenvalue weighted by Crippen LogP contribution is 2.44. The van der Waals surface area contributed by atoms with Crippen LogP contribution in [0.1, 0.15) is 42.4 Å². The van der Waals surface area contributed by atoms with E-state index >= 15 is 0 Å². The number of alkyl carbamates (subject to hydrolysis) is 1. The number of ether oxygens (including phenoxy) is 3. The Morgan fingerprint density at radius 2 is 1.51 bits per heavy atom. The van der Waals surface area contributed by atoms with Gasteiger partial charge in [0.05, 0.1) is 12.7 Å². The van der Waals surface area contributed by atoms with Crippen LogP contribution < -0.4 is 10.6 Å². The molecular formula is C32H34N2O7. The number of benzene rings is 3. The van der Waals surface area contributed by atoms with Gasteiger partial charge in [-0.05, 0) is 34.7 Å². The van der Waals surface area contributed by atoms with E-state index in [4.69, 9.17) is 14.2 Å². The average molecular weight is 559 g/mol. The molecule has 2 amide bonds. The van der Waals surface area contributed by atoms with Gasteiger partial charge in [0.25, 0.3) is 0 Å². The highest BCUT2D eigenvalue weighted by molar-refractivity contribution is 5.93. The molecule has 0 spiro atoms. The van der Waals surface area contributed by atoms with E-state index in [0.29, 0.717) is 0 Å². The molecule has 1 saturated heterocycles. The van der Waals surface area contributed by atoms with Crippen molar-refractivity contribution in [2.75, 3.05) is 19.8 Å². The van der Waals surface area contributed by atoms with Gasteiger partial charge in [-0.1, -0.05) is 78.9 Å². The Labute approximate surface area is 238 Å². The number of rotatable bonds is 10. The number of hydrogen-bond acceptors (Lipinski definition) is 6. The third-order valence-corrected chi connectivity index (χ3v) is 7.84. The van der Waals surface area contributed by atoms with Crippen LogP contribution in [0.4, 0.5) is 4.79 Å². The van der Waals surface area contributed by atoms with E-state index < -0.39 is 35.7 Å². The van der Waals surface area contributed by atoms with E-state index in [1.165, 1.54) is 0 Å². The molecule has 0 radical (unpaired) electrons. The van der Waals surface area contributed by atoms with E-state index in [2.05, 4.69) is 22.8 Å². The zero-order chi connectivity index (χ0) is 28.8. The molecule has 2 unspecified atom stereocenters. The second-order valence-corrected chi connectivity index (χ2v) is 10.4. The second kappa shape index (κ2) is 12.5. The fourth-order valence-electron chi connectivity index (χ4n) is 5.52. The second-order valence-electron chi connectivity index (χ2n) is 10.4. The Hall–Kier alpha value is -4.21. The van der Waals surface area contributed by atoms with Crippen LogP contribution in [0.15, 0.2) is 78.9 Å². The lowest BCUT2D eigenvalue weighted by atomic mass is 9.88. The number of fused-ring (bicyclic) bond motifs is 3. The summed E-state index contributed by atoms with van der Waals surface area (Å²) in [5.74, 6) is -1.98. The molecule has 2 aliphatic rings. The van der Waals surface area contributed by atoms with Crippen molar-refractivity contribution in [1.82, 2.24) is 10.6 Å². The van der Waals surface area contributed by atoms with Gasteiger partial charge in [0.15, 0.2) is 6.04 Å². The Morgan fingerprint density at radius 1 is 0.927 bits per heavy atom. The van der Waals surface area contributed by atoms with Gasteiger partial charge in [-0.3, -0.25) is 4.79 Å². The summed E-state index contributed by atoms with van der Waals surface area (Å²) in [5.41, 5.74) is 3.88. The maximum atomic E-state index is 13.6. The number of aliphatic carboxylic acids is 1. The first-order valence-corrected chi connectivity index (χ1v) is 13.8. The molecule has 3 N–H and O–H groups in total. The van der Waals surface area contributed by atoms with Crippen LogP contribution in [-0.2, 0) is 30.4 Å². The summed E-state index contributed by atoms with van der Waals surface area (Å²) in [7, 11) is 0. The van der Waals surface area contributed by atoms with E-state index in [9.17, 15) is 19.5 Å². The van der Waals surface area contributed by atoms with Crippen LogP contribution in [0.2, 0.25) is 0 Å². The van der Waals surface area contributed by atoms with Crippen molar-refractivity contribution in [2.24, 2.45) is 0 Å². The third kappa shape index (κ3) is 6.26. The number of hydrogen-bond donors (Lipinski definition) is 3. The smallest absolute Gasteiger partial charge is 0.408 e. The van der Waals surface area contributed by atoms with E-state index in [0.717, 1.165) is 27.8 Å². The summed E-state index contributed by atoms with van der Waals surface area (Å²) < 4.78 is 16.9. The van der Waals surface area contributed by atoms with Gasteiger partial charge in [0, 0.05) is 32.0 Å². The van der Waals surface area contributed by atoms with Crippen molar-refractivity contribution in [2.45, 2.75) is 50.0 Å². The van der Waals surface area contributed by atoms with Gasteiger partial charge >= 0.3 is 12.1 Å². The minimum Gasteiger partial charge on any atom is -0.480 e. The molecule has 0 bridgehead atoms. The summed E-state index contributed by atoms with van der Waals surface area (Å²) in [4.78, 5) is 38.8. The fourth-order valence-corrected chi connectivity index (χ4v) is 5.52. The van der Waals surface area contributed by atoms with Gasteiger partial charge in [0.2, 0.25) is 5.91 Å². The first-order chi connectivity index (χ1) is 19.9. The summed E-state index contributed by atoms with van der Waals surface area (Å²) in [6.07, 6.45) is -1.23. The number of nitrogens with one attached hydrogen (secondary N) is 2. The molecule has 1 aliphatic carbocycles. The molecule has 5 rings (SSSR count). The minimum absolute atomic E-state index is 0.0934. The lowest BCUT2D eigenvalue weighted by Gasteiger charge is -2.37. The van der Waals surface area contributed by atoms with E-state index in [-0.39, 0.29) is 45.2 Å². The highest BCUT2D eigenvalue weighted by atomic mass is 16.5. The lowest BCUT2D eigenvalue weighted by Crippen LogP contribution is -2.64. The third-order valence-electron chi connectivity index (χ3n) is 7.84. The first kappa shape index (κ1) is 28.3. The minimum atomic E-state index is -1.38. The maximum absolute atomic E-state index is 13.6. The van der Waals surface area contributed by atoms with Gasteiger partial charge in [-0.15, -0.1) is 0 Å². The Balaban J connectivity index is 1.25. The van der Waals surface area contributed by atoms with Crippen molar-refractivity contribution in [3.63, 3.8) is 0 Å². The molecule has 214 valence electrons. The molecule has 0 aromatic heterocycles. The normalized spacial score (nSPS) is 17.0. The molecule has 9 nitrogen and oxygen atoms in total. The van der Waals surface area contributed by atoms with Crippen LogP contribution in [0, 0.1) is 0 Å². The average Bonchev–Trinajstić information content (AvgIpc) is 3.32. The number of carboxylic acids is 1. The van der Waals surface area contributed by atoms with Crippen LogP contribution in [-0.4, -0.2) is 60.6 Å². The molecule has 9 heteroatoms. The van der Waals surface area contributed by atoms with Crippen LogP contribution in [0.3, 0.4) is 0 Å². The SMILES string of the molecule is CC(OCc1ccccc1)C(NC(=O)C1(NC(=O)OCC2c3ccccc3-c3ccccc32)CCOCC1)C(=O)O. The van der Waals surface area contributed by atoms with Crippen molar-refractivity contribution in [1.29, 1.82) is 0 Å². The predicted octanol–water partition coefficient (Wildman–Crippen LogP) is 4.25. The summed E-state index contributed by atoms with van der Waals surface area (Å²) in [5, 5.41) is 15.2. The highest BCUT2D eigenvalue weighted by Gasteiger charge is 2.44. The Morgan fingerprint density at radius 3 is 2.12 bits per heavy atom. The van der Waals surface area contributed by atoms with Crippen LogP contribution in [0.5, 0.6) is 0 Å². The van der Waals surface area contributed by atoms with Crippen molar-refractivity contribution >= 4 is 18.0 Å². The lowest BCUT2D eigenvalue weighted by molar-refractivity contribution is -0.148. The Kier molecular flexibility index (Phi) is 8.66. The van der Waals surface area contributed by atoms with Gasteiger partial charge in [0.1, 0.15) is 12.1 Å². The van der Waals surface area contributed by atoms with Crippen LogP contribution in [0.25, 0.3) is 11.1 Å². The van der Waals surface area contributed by atoms with E-state index in [1.54, 1.807) is 6.92 Å². The standard InChI is InChI=1S/C32H34N2O7/c1-21(40-19-22-9-3-2-4-10-22)28(29(35)36)33-30(37)32(15-17-39-18-16-32)34-31(38)41-20-27-25-13-7-5-11-23(25)24-12-6-8-14-26(24)27/h2-14,21,27-28H,15-20H2,1H3,(H,33,37)(H,34,38)(H,35,36). The molecule has 1 fully saturated rings. The molecule has 3 aromatic rings. The largest absolute Gasteiger partial charge is 0.480 e. The molecule has 1 heterocycles. The molecule has 1 aliphatic heterocycles. The van der Waals surface area contributed by atoms with Crippen molar-refractivity contribution in [3.05, 3.63) is 95.6 Å². The summed E-state index contributed by atoms with van der Waals surface area (Å²) >= 11 is 0. The summed E-state index contributed by atoms with van der Waals surface area (Å²) in [6.45, 7) is 2.34. The molecule has 3 aromatic carbocycles. The molecular weight excluding hydrogens is 524 g/mol. The fraction of sp³-hybridized carbons (Fsp3) is 0.344. The number of carbonyl (C=O) groups is 3.